The summed E-state index contributed by atoms with van der Waals surface area (Å²) in [6, 6.07) is 24.5. The predicted molar refractivity (Wildman–Crippen MR) is 184 cm³/mol. The molecule has 0 radical (unpaired) electrons. The van der Waals surface area contributed by atoms with Gasteiger partial charge in [0.1, 0.15) is 12.4 Å². The van der Waals surface area contributed by atoms with Crippen molar-refractivity contribution in [2.75, 3.05) is 46.3 Å². The minimum Gasteiger partial charge on any atom is -0.445 e. The average molecular weight is 631 g/mol. The van der Waals surface area contributed by atoms with Crippen molar-refractivity contribution in [3.05, 3.63) is 108 Å². The van der Waals surface area contributed by atoms with E-state index >= 15 is 0 Å². The summed E-state index contributed by atoms with van der Waals surface area (Å²) < 4.78 is 9.91. The first-order valence-electron chi connectivity index (χ1n) is 16.6. The highest BCUT2D eigenvalue weighted by Gasteiger charge is 2.29. The van der Waals surface area contributed by atoms with E-state index in [4.69, 9.17) is 4.74 Å². The van der Waals surface area contributed by atoms with E-state index in [1.807, 2.05) is 52.7 Å². The third kappa shape index (κ3) is 6.40. The molecule has 7 rings (SSSR count). The van der Waals surface area contributed by atoms with E-state index in [9.17, 15) is 9.59 Å². The summed E-state index contributed by atoms with van der Waals surface area (Å²) >= 11 is 0. The molecule has 0 atom stereocenters. The van der Waals surface area contributed by atoms with Gasteiger partial charge in [-0.15, -0.1) is 0 Å². The predicted octanol–water partition coefficient (Wildman–Crippen LogP) is 6.24. The van der Waals surface area contributed by atoms with E-state index in [2.05, 4.69) is 81.7 Å². The van der Waals surface area contributed by atoms with Gasteiger partial charge in [0.05, 0.1) is 18.1 Å². The molecule has 3 aromatic carbocycles. The summed E-state index contributed by atoms with van der Waals surface area (Å²) in [6.45, 7) is 7.61. The molecule has 9 heteroatoms. The highest BCUT2D eigenvalue weighted by molar-refractivity contribution is 6.07. The van der Waals surface area contributed by atoms with Crippen LogP contribution in [0.25, 0.3) is 27.7 Å². The van der Waals surface area contributed by atoms with Crippen LogP contribution in [0.15, 0.2) is 91.5 Å². The number of likely N-dealkylation sites (N-methyl/N-ethyl adjacent to an activating group) is 1. The van der Waals surface area contributed by atoms with Crippen molar-refractivity contribution in [1.82, 2.24) is 28.8 Å². The minimum absolute atomic E-state index is 0.0786. The number of piperazine rings is 1. The molecule has 9 nitrogen and oxygen atoms in total. The van der Waals surface area contributed by atoms with Crippen LogP contribution in [0.2, 0.25) is 0 Å². The van der Waals surface area contributed by atoms with Crippen LogP contribution >= 0.6 is 0 Å². The number of aromatic nitrogens is 3. The minimum atomic E-state index is -0.253. The van der Waals surface area contributed by atoms with Crippen LogP contribution < -0.4 is 0 Å². The van der Waals surface area contributed by atoms with Gasteiger partial charge < -0.3 is 28.6 Å². The van der Waals surface area contributed by atoms with E-state index in [0.717, 1.165) is 77.0 Å². The van der Waals surface area contributed by atoms with E-state index in [0.29, 0.717) is 32.1 Å². The molecule has 4 heterocycles. The summed E-state index contributed by atoms with van der Waals surface area (Å²) in [5, 5.41) is 2.27. The quantitative estimate of drug-likeness (QED) is 0.213. The molecule has 5 aromatic rings. The molecule has 242 valence electrons. The molecule has 2 fully saturated rings. The number of piperidine rings is 1. The maximum Gasteiger partial charge on any atom is 0.410 e. The monoisotopic (exact) mass is 630 g/mol. The number of carbonyl (C=O) groups is 2. The molecule has 2 saturated heterocycles. The molecule has 2 aliphatic rings. The van der Waals surface area contributed by atoms with Crippen LogP contribution in [0, 0.1) is 12.8 Å². The lowest BCUT2D eigenvalue weighted by atomic mass is 9.96. The number of carbonyl (C=O) groups excluding carboxylic acids is 2. The normalized spacial score (nSPS) is 16.1. The SMILES string of the molecule is Cc1c(C(=O)N2CCN(C)CC2)c(-c2cccc3ccccc23)cn1-c1cncn1CC1CCN(C(=O)OCc2ccccc2)CC1. The van der Waals surface area contributed by atoms with Crippen molar-refractivity contribution in [2.45, 2.75) is 32.9 Å². The fraction of sp³-hybridized carbons (Fsp3) is 0.342. The lowest BCUT2D eigenvalue weighted by Crippen LogP contribution is -2.47. The zero-order chi connectivity index (χ0) is 32.3. The Morgan fingerprint density at radius 1 is 0.830 bits per heavy atom. The summed E-state index contributed by atoms with van der Waals surface area (Å²) in [4.78, 5) is 37.7. The number of imidazole rings is 1. The van der Waals surface area contributed by atoms with E-state index in [-0.39, 0.29) is 18.6 Å². The van der Waals surface area contributed by atoms with Crippen molar-refractivity contribution in [3.8, 4) is 16.9 Å². The Morgan fingerprint density at radius 3 is 2.34 bits per heavy atom. The lowest BCUT2D eigenvalue weighted by molar-refractivity contribution is 0.0663. The standard InChI is InChI=1S/C38H42N6O3/c1-28-36(37(45)41-21-19-40(2)20-22-41)34(33-14-8-12-31-11-6-7-13-32(31)33)25-44(28)35-23-39-27-43(35)24-29-15-17-42(18-16-29)38(46)47-26-30-9-4-3-5-10-30/h3-14,23,25,27,29H,15-22,24,26H2,1-2H3. The Labute approximate surface area is 276 Å². The van der Waals surface area contributed by atoms with Gasteiger partial charge in [-0.2, -0.15) is 0 Å². The smallest absolute Gasteiger partial charge is 0.410 e. The summed E-state index contributed by atoms with van der Waals surface area (Å²) in [6.07, 6.45) is 7.42. The van der Waals surface area contributed by atoms with Crippen LogP contribution in [0.5, 0.6) is 0 Å². The first kappa shape index (κ1) is 30.7. The maximum absolute atomic E-state index is 14.3. The number of rotatable bonds is 7. The molecule has 2 aliphatic heterocycles. The van der Waals surface area contributed by atoms with Crippen molar-refractivity contribution < 1.29 is 14.3 Å². The second-order valence-corrected chi connectivity index (χ2v) is 12.9. The average Bonchev–Trinajstić information content (AvgIpc) is 3.71. The number of fused-ring (bicyclic) bond motifs is 1. The van der Waals surface area contributed by atoms with Crippen molar-refractivity contribution in [2.24, 2.45) is 5.92 Å². The molecule has 0 unspecified atom stereocenters. The fourth-order valence-electron chi connectivity index (χ4n) is 6.99. The molecule has 0 aliphatic carbocycles. The Balaban J connectivity index is 1.13. The molecule has 0 N–H and O–H groups in total. The van der Waals surface area contributed by atoms with Crippen molar-refractivity contribution in [3.63, 3.8) is 0 Å². The first-order valence-corrected chi connectivity index (χ1v) is 16.6. The third-order valence-electron chi connectivity index (χ3n) is 9.80. The number of nitrogens with zero attached hydrogens (tertiary/aromatic N) is 6. The Bertz CT molecular complexity index is 1860. The molecule has 2 aromatic heterocycles. The van der Waals surface area contributed by atoms with Gasteiger partial charge in [0.25, 0.3) is 5.91 Å². The second-order valence-electron chi connectivity index (χ2n) is 12.9. The maximum atomic E-state index is 14.3. The highest BCUT2D eigenvalue weighted by atomic mass is 16.6. The van der Waals surface area contributed by atoms with Gasteiger partial charge in [0, 0.05) is 63.3 Å². The van der Waals surface area contributed by atoms with Gasteiger partial charge in [0.15, 0.2) is 0 Å². The van der Waals surface area contributed by atoms with Gasteiger partial charge in [-0.3, -0.25) is 4.79 Å². The molecule has 0 bridgehead atoms. The van der Waals surface area contributed by atoms with Gasteiger partial charge >= 0.3 is 6.09 Å². The number of benzene rings is 3. The van der Waals surface area contributed by atoms with E-state index in [1.165, 1.54) is 0 Å². The molecular weight excluding hydrogens is 588 g/mol. The molecule has 47 heavy (non-hydrogen) atoms. The summed E-state index contributed by atoms with van der Waals surface area (Å²) in [5.74, 6) is 1.40. The largest absolute Gasteiger partial charge is 0.445 e. The Hall–Kier alpha value is -4.89. The number of hydrogen-bond acceptors (Lipinski definition) is 5. The lowest BCUT2D eigenvalue weighted by Gasteiger charge is -2.32. The van der Waals surface area contributed by atoms with Gasteiger partial charge in [-0.05, 0) is 54.6 Å². The Morgan fingerprint density at radius 2 is 1.55 bits per heavy atom. The van der Waals surface area contributed by atoms with Gasteiger partial charge in [-0.1, -0.05) is 72.8 Å². The number of ether oxygens (including phenoxy) is 1. The van der Waals surface area contributed by atoms with E-state index in [1.54, 1.807) is 0 Å². The molecule has 2 amide bonds. The van der Waals surface area contributed by atoms with Crippen molar-refractivity contribution in [1.29, 1.82) is 0 Å². The van der Waals surface area contributed by atoms with Crippen LogP contribution in [0.4, 0.5) is 4.79 Å². The topological polar surface area (TPSA) is 75.8 Å². The van der Waals surface area contributed by atoms with E-state index < -0.39 is 0 Å². The van der Waals surface area contributed by atoms with Gasteiger partial charge in [-0.25, -0.2) is 9.78 Å². The zero-order valence-corrected chi connectivity index (χ0v) is 27.2. The zero-order valence-electron chi connectivity index (χ0n) is 27.2. The second kappa shape index (κ2) is 13.5. The molecule has 0 spiro atoms. The number of amides is 2. The van der Waals surface area contributed by atoms with Crippen LogP contribution in [-0.2, 0) is 17.9 Å². The first-order chi connectivity index (χ1) is 23.0. The summed E-state index contributed by atoms with van der Waals surface area (Å²) in [7, 11) is 2.10. The number of likely N-dealkylation sites (tertiary alicyclic amines) is 1. The third-order valence-corrected chi connectivity index (χ3v) is 9.80. The van der Waals surface area contributed by atoms with Gasteiger partial charge in [0.2, 0.25) is 0 Å². The van der Waals surface area contributed by atoms with Crippen LogP contribution in [0.1, 0.15) is 34.5 Å². The van der Waals surface area contributed by atoms with Crippen LogP contribution in [0.3, 0.4) is 0 Å². The molecule has 0 saturated carbocycles. The summed E-state index contributed by atoms with van der Waals surface area (Å²) in [5.41, 5.74) is 4.65. The van der Waals surface area contributed by atoms with Crippen LogP contribution in [-0.4, -0.2) is 87.1 Å². The van der Waals surface area contributed by atoms with Crippen molar-refractivity contribution >= 4 is 22.8 Å². The number of hydrogen-bond donors (Lipinski definition) is 0. The Kier molecular flexibility index (Phi) is 8.80. The fourth-order valence-corrected chi connectivity index (χ4v) is 6.99. The highest BCUT2D eigenvalue weighted by Crippen LogP contribution is 2.36. The molecular formula is C38H42N6O3.